The SMILES string of the molecule is C[C@H](c1cccc(Cn2cc(-c3cc(-c4cccc(C#N)c4)nc(N)n3)nn2)n1)N1CCCCC1. The number of anilines is 1. The molecule has 4 heterocycles. The fourth-order valence-electron chi connectivity index (χ4n) is 4.46. The van der Waals surface area contributed by atoms with E-state index in [9.17, 15) is 5.26 Å². The maximum absolute atomic E-state index is 9.20. The van der Waals surface area contributed by atoms with Gasteiger partial charge in [-0.15, -0.1) is 5.10 Å². The number of pyridine rings is 1. The summed E-state index contributed by atoms with van der Waals surface area (Å²) in [5, 5.41) is 17.8. The molecular formula is C26H27N9. The Balaban J connectivity index is 1.35. The van der Waals surface area contributed by atoms with Crippen LogP contribution in [0.4, 0.5) is 5.95 Å². The van der Waals surface area contributed by atoms with E-state index in [2.05, 4.69) is 50.3 Å². The second-order valence-electron chi connectivity index (χ2n) is 8.82. The van der Waals surface area contributed by atoms with Gasteiger partial charge in [0.15, 0.2) is 0 Å². The number of nitriles is 1. The lowest BCUT2D eigenvalue weighted by molar-refractivity contribution is 0.172. The Morgan fingerprint density at radius 2 is 1.77 bits per heavy atom. The predicted molar refractivity (Wildman–Crippen MR) is 133 cm³/mol. The van der Waals surface area contributed by atoms with Gasteiger partial charge in [-0.2, -0.15) is 5.26 Å². The van der Waals surface area contributed by atoms with Crippen LogP contribution in [0.25, 0.3) is 22.6 Å². The van der Waals surface area contributed by atoms with Crippen molar-refractivity contribution in [2.45, 2.75) is 38.8 Å². The number of nitrogens with two attached hydrogens (primary N) is 1. The summed E-state index contributed by atoms with van der Waals surface area (Å²) in [6, 6.07) is 17.6. The van der Waals surface area contributed by atoms with Gasteiger partial charge in [0.2, 0.25) is 5.95 Å². The number of aromatic nitrogens is 6. The Bertz CT molecular complexity index is 1370. The van der Waals surface area contributed by atoms with Crippen LogP contribution in [-0.4, -0.2) is 47.9 Å². The summed E-state index contributed by atoms with van der Waals surface area (Å²) in [4.78, 5) is 16.1. The number of hydrogen-bond acceptors (Lipinski definition) is 8. The van der Waals surface area contributed by atoms with Crippen molar-refractivity contribution in [2.24, 2.45) is 0 Å². The van der Waals surface area contributed by atoms with Gasteiger partial charge in [-0.05, 0) is 63.2 Å². The molecule has 9 nitrogen and oxygen atoms in total. The summed E-state index contributed by atoms with van der Waals surface area (Å²) in [6.45, 7) is 4.99. The quantitative estimate of drug-likeness (QED) is 0.456. The van der Waals surface area contributed by atoms with Crippen molar-refractivity contribution >= 4 is 5.95 Å². The van der Waals surface area contributed by atoms with Crippen LogP contribution in [0.3, 0.4) is 0 Å². The lowest BCUT2D eigenvalue weighted by Crippen LogP contribution is -2.32. The first-order valence-corrected chi connectivity index (χ1v) is 11.8. The van der Waals surface area contributed by atoms with Gasteiger partial charge in [0, 0.05) is 11.6 Å². The molecule has 1 saturated heterocycles. The first-order chi connectivity index (χ1) is 17.1. The molecule has 1 aliphatic rings. The molecule has 0 spiro atoms. The van der Waals surface area contributed by atoms with E-state index in [1.807, 2.05) is 24.4 Å². The van der Waals surface area contributed by atoms with Crippen LogP contribution in [0, 0.1) is 11.3 Å². The van der Waals surface area contributed by atoms with Crippen molar-refractivity contribution in [1.29, 1.82) is 5.26 Å². The molecule has 0 unspecified atom stereocenters. The van der Waals surface area contributed by atoms with Gasteiger partial charge in [0.25, 0.3) is 0 Å². The van der Waals surface area contributed by atoms with Crippen LogP contribution >= 0.6 is 0 Å². The van der Waals surface area contributed by atoms with Gasteiger partial charge in [0.1, 0.15) is 5.69 Å². The predicted octanol–water partition coefficient (Wildman–Crippen LogP) is 3.85. The fourth-order valence-corrected chi connectivity index (χ4v) is 4.46. The monoisotopic (exact) mass is 465 g/mol. The maximum atomic E-state index is 9.20. The zero-order valence-corrected chi connectivity index (χ0v) is 19.7. The van der Waals surface area contributed by atoms with Crippen molar-refractivity contribution in [3.63, 3.8) is 0 Å². The van der Waals surface area contributed by atoms with Crippen LogP contribution in [0.5, 0.6) is 0 Å². The highest BCUT2D eigenvalue weighted by molar-refractivity contribution is 5.68. The molecule has 0 radical (unpaired) electrons. The summed E-state index contributed by atoms with van der Waals surface area (Å²) in [5.74, 6) is 0.135. The van der Waals surface area contributed by atoms with Crippen LogP contribution in [-0.2, 0) is 6.54 Å². The third-order valence-corrected chi connectivity index (χ3v) is 6.35. The number of rotatable bonds is 6. The Hall–Kier alpha value is -4.16. The molecule has 1 atom stereocenters. The molecule has 9 heteroatoms. The molecule has 176 valence electrons. The van der Waals surface area contributed by atoms with Crippen molar-refractivity contribution in [3.8, 4) is 28.7 Å². The summed E-state index contributed by atoms with van der Waals surface area (Å²) in [5.41, 5.74) is 11.1. The molecule has 0 bridgehead atoms. The number of piperidine rings is 1. The standard InChI is InChI=1S/C26H27N9/c1-18(34-11-3-2-4-12-34)22-10-6-9-21(29-22)16-35-17-25(32-33-35)24-14-23(30-26(28)31-24)20-8-5-7-19(13-20)15-27/h5-10,13-14,17-18H,2-4,11-12,16H2,1H3,(H2,28,30,31)/t18-/m1/s1. The molecule has 4 aromatic rings. The van der Waals surface area contributed by atoms with Gasteiger partial charge < -0.3 is 5.73 Å². The maximum Gasteiger partial charge on any atom is 0.221 e. The summed E-state index contributed by atoms with van der Waals surface area (Å²) < 4.78 is 1.75. The number of nitrogen functional groups attached to an aromatic ring is 1. The van der Waals surface area contributed by atoms with E-state index in [4.69, 9.17) is 10.7 Å². The van der Waals surface area contributed by atoms with E-state index in [0.717, 1.165) is 30.0 Å². The van der Waals surface area contributed by atoms with Gasteiger partial charge in [0.05, 0.1) is 47.1 Å². The Kier molecular flexibility index (Phi) is 6.46. The van der Waals surface area contributed by atoms with E-state index in [-0.39, 0.29) is 5.95 Å². The molecule has 3 aromatic heterocycles. The number of nitrogens with zero attached hydrogens (tertiary/aromatic N) is 8. The molecule has 5 rings (SSSR count). The molecule has 0 aliphatic carbocycles. The third kappa shape index (κ3) is 5.18. The Morgan fingerprint density at radius 1 is 0.971 bits per heavy atom. The van der Waals surface area contributed by atoms with E-state index in [1.54, 1.807) is 22.9 Å². The second kappa shape index (κ2) is 9.99. The number of hydrogen-bond donors (Lipinski definition) is 1. The smallest absolute Gasteiger partial charge is 0.221 e. The van der Waals surface area contributed by atoms with Gasteiger partial charge in [-0.3, -0.25) is 9.88 Å². The first-order valence-electron chi connectivity index (χ1n) is 11.8. The van der Waals surface area contributed by atoms with Gasteiger partial charge in [-0.1, -0.05) is 29.8 Å². The van der Waals surface area contributed by atoms with Gasteiger partial charge >= 0.3 is 0 Å². The van der Waals surface area contributed by atoms with Crippen molar-refractivity contribution in [1.82, 2.24) is 34.8 Å². The van der Waals surface area contributed by atoms with Gasteiger partial charge in [-0.25, -0.2) is 14.6 Å². The molecular weight excluding hydrogens is 438 g/mol. The topological polar surface area (TPSA) is 122 Å². The normalized spacial score (nSPS) is 15.0. The van der Waals surface area contributed by atoms with E-state index in [1.165, 1.54) is 19.3 Å². The molecule has 35 heavy (non-hydrogen) atoms. The highest BCUT2D eigenvalue weighted by atomic mass is 15.4. The van der Waals surface area contributed by atoms with Crippen LogP contribution in [0.2, 0.25) is 0 Å². The average molecular weight is 466 g/mol. The first kappa shape index (κ1) is 22.6. The molecule has 1 aliphatic heterocycles. The van der Waals surface area contributed by atoms with Crippen LogP contribution < -0.4 is 5.73 Å². The fraction of sp³-hybridized carbons (Fsp3) is 0.308. The molecule has 1 fully saturated rings. The van der Waals surface area contributed by atoms with E-state index in [0.29, 0.717) is 35.2 Å². The lowest BCUT2D eigenvalue weighted by atomic mass is 10.1. The summed E-state index contributed by atoms with van der Waals surface area (Å²) >= 11 is 0. The minimum atomic E-state index is 0.135. The lowest BCUT2D eigenvalue weighted by Gasteiger charge is -2.32. The minimum absolute atomic E-state index is 0.135. The summed E-state index contributed by atoms with van der Waals surface area (Å²) in [6.07, 6.45) is 5.66. The largest absolute Gasteiger partial charge is 0.368 e. The molecule has 1 aromatic carbocycles. The zero-order chi connectivity index (χ0) is 24.2. The highest BCUT2D eigenvalue weighted by Crippen LogP contribution is 2.25. The highest BCUT2D eigenvalue weighted by Gasteiger charge is 2.19. The van der Waals surface area contributed by atoms with Crippen LogP contribution in [0.1, 0.15) is 49.2 Å². The number of likely N-dealkylation sites (tertiary alicyclic amines) is 1. The Labute approximate surface area is 204 Å². The van der Waals surface area contributed by atoms with Crippen molar-refractivity contribution < 1.29 is 0 Å². The number of benzene rings is 1. The van der Waals surface area contributed by atoms with E-state index < -0.39 is 0 Å². The van der Waals surface area contributed by atoms with E-state index >= 15 is 0 Å². The summed E-state index contributed by atoms with van der Waals surface area (Å²) in [7, 11) is 0. The zero-order valence-electron chi connectivity index (χ0n) is 19.7. The average Bonchev–Trinajstić information content (AvgIpc) is 3.37. The third-order valence-electron chi connectivity index (χ3n) is 6.35. The minimum Gasteiger partial charge on any atom is -0.368 e. The molecule has 0 saturated carbocycles. The molecule has 2 N–H and O–H groups in total. The van der Waals surface area contributed by atoms with Crippen molar-refractivity contribution in [2.75, 3.05) is 18.8 Å². The van der Waals surface area contributed by atoms with Crippen LogP contribution in [0.15, 0.2) is 54.7 Å². The Morgan fingerprint density at radius 3 is 2.60 bits per heavy atom. The molecule has 0 amide bonds. The van der Waals surface area contributed by atoms with Crippen molar-refractivity contribution in [3.05, 3.63) is 71.7 Å². The second-order valence-corrected chi connectivity index (χ2v) is 8.82.